The third-order valence-corrected chi connectivity index (χ3v) is 6.93. The number of aromatic nitrogens is 3. The van der Waals surface area contributed by atoms with Crippen molar-refractivity contribution in [2.75, 3.05) is 37.0 Å². The van der Waals surface area contributed by atoms with E-state index in [4.69, 9.17) is 30.7 Å². The van der Waals surface area contributed by atoms with Gasteiger partial charge in [0.1, 0.15) is 30.7 Å². The Morgan fingerprint density at radius 2 is 1.90 bits per heavy atom. The van der Waals surface area contributed by atoms with Crippen molar-refractivity contribution in [1.82, 2.24) is 19.9 Å². The highest BCUT2D eigenvalue weighted by Crippen LogP contribution is 2.29. The minimum absolute atomic E-state index is 0.0471. The van der Waals surface area contributed by atoms with Gasteiger partial charge in [0.25, 0.3) is 0 Å². The second-order valence-electron chi connectivity index (χ2n) is 8.85. The third-order valence-electron chi connectivity index (χ3n) is 5.73. The number of thioether (sulfide) groups is 1. The maximum absolute atomic E-state index is 12.5. The standard InChI is InChI=1S/C26H36N6O6S/c1-4-36-13-22-31-23-24(19-8-5-6-9-21(19)30-25(23)28)32(22)11-7-10-29-26(35)20(27)15-39-14-18(38-17(3)34)12-37-16(2)33/h5-6,8-9,18,20H,4,7,10-15,27H2,1-3H3,(H2,28,30)(H,29,35)/t18?,20-/m0/s1. The van der Waals surface area contributed by atoms with Crippen LogP contribution in [0.2, 0.25) is 0 Å². The first-order chi connectivity index (χ1) is 18.7. The van der Waals surface area contributed by atoms with Crippen molar-refractivity contribution in [3.63, 3.8) is 0 Å². The average molecular weight is 561 g/mol. The van der Waals surface area contributed by atoms with Gasteiger partial charge in [-0.05, 0) is 19.4 Å². The highest BCUT2D eigenvalue weighted by atomic mass is 32.2. The second-order valence-corrected chi connectivity index (χ2v) is 9.93. The lowest BCUT2D eigenvalue weighted by Gasteiger charge is -2.18. The molecule has 3 aromatic rings. The molecule has 0 bridgehead atoms. The minimum atomic E-state index is -0.751. The largest absolute Gasteiger partial charge is 0.462 e. The van der Waals surface area contributed by atoms with Crippen LogP contribution in [-0.2, 0) is 41.7 Å². The summed E-state index contributed by atoms with van der Waals surface area (Å²) in [5.74, 6) is 0.540. The van der Waals surface area contributed by atoms with E-state index in [1.165, 1.54) is 25.6 Å². The summed E-state index contributed by atoms with van der Waals surface area (Å²) >= 11 is 1.34. The van der Waals surface area contributed by atoms with Gasteiger partial charge in [0.05, 0.1) is 17.1 Å². The predicted molar refractivity (Wildman–Crippen MR) is 150 cm³/mol. The van der Waals surface area contributed by atoms with Crippen molar-refractivity contribution < 1.29 is 28.6 Å². The number of nitrogens with two attached hydrogens (primary N) is 2. The van der Waals surface area contributed by atoms with E-state index in [1.807, 2.05) is 31.2 Å². The number of aryl methyl sites for hydroxylation is 1. The van der Waals surface area contributed by atoms with Crippen molar-refractivity contribution in [2.24, 2.45) is 5.73 Å². The van der Waals surface area contributed by atoms with Crippen LogP contribution in [0.4, 0.5) is 5.82 Å². The molecule has 1 unspecified atom stereocenters. The number of nitrogens with one attached hydrogen (secondary N) is 1. The fraction of sp³-hybridized carbons (Fsp3) is 0.500. The number of fused-ring (bicyclic) bond motifs is 3. The Kier molecular flexibility index (Phi) is 11.3. The molecule has 0 saturated carbocycles. The summed E-state index contributed by atoms with van der Waals surface area (Å²) in [5, 5.41) is 3.83. The number of anilines is 1. The van der Waals surface area contributed by atoms with E-state index >= 15 is 0 Å². The summed E-state index contributed by atoms with van der Waals surface area (Å²) in [7, 11) is 0. The Balaban J connectivity index is 1.56. The number of pyridine rings is 1. The zero-order valence-corrected chi connectivity index (χ0v) is 23.3. The first-order valence-corrected chi connectivity index (χ1v) is 13.9. The molecule has 2 atom stereocenters. The molecule has 3 rings (SSSR count). The van der Waals surface area contributed by atoms with Crippen LogP contribution in [0.25, 0.3) is 21.9 Å². The van der Waals surface area contributed by atoms with Crippen LogP contribution in [0.3, 0.4) is 0 Å². The summed E-state index contributed by atoms with van der Waals surface area (Å²) in [6, 6.07) is 7.01. The number of carbonyl (C=O) groups is 3. The van der Waals surface area contributed by atoms with Crippen LogP contribution in [0.15, 0.2) is 24.3 Å². The lowest BCUT2D eigenvalue weighted by atomic mass is 10.2. The van der Waals surface area contributed by atoms with Gasteiger partial charge in [0.2, 0.25) is 5.91 Å². The van der Waals surface area contributed by atoms with E-state index < -0.39 is 24.1 Å². The first kappa shape index (κ1) is 30.1. The number of hydrogen-bond acceptors (Lipinski definition) is 11. The van der Waals surface area contributed by atoms with Crippen molar-refractivity contribution in [2.45, 2.75) is 52.5 Å². The molecule has 0 fully saturated rings. The molecule has 212 valence electrons. The Bertz CT molecular complexity index is 1300. The quantitative estimate of drug-likeness (QED) is 0.182. The van der Waals surface area contributed by atoms with Crippen LogP contribution in [0.1, 0.15) is 33.0 Å². The molecule has 0 aliphatic heterocycles. The van der Waals surface area contributed by atoms with Crippen molar-refractivity contribution in [1.29, 1.82) is 0 Å². The number of para-hydroxylation sites is 1. The molecule has 13 heteroatoms. The molecule has 0 saturated heterocycles. The number of imidazole rings is 1. The Morgan fingerprint density at radius 1 is 1.13 bits per heavy atom. The lowest BCUT2D eigenvalue weighted by Crippen LogP contribution is -2.43. The second kappa shape index (κ2) is 14.7. The van der Waals surface area contributed by atoms with Crippen molar-refractivity contribution in [3.05, 3.63) is 30.1 Å². The number of rotatable bonds is 15. The van der Waals surface area contributed by atoms with Gasteiger partial charge >= 0.3 is 11.9 Å². The van der Waals surface area contributed by atoms with Crippen molar-refractivity contribution in [3.8, 4) is 0 Å². The summed E-state index contributed by atoms with van der Waals surface area (Å²) in [4.78, 5) is 44.1. The van der Waals surface area contributed by atoms with Crippen LogP contribution < -0.4 is 16.8 Å². The van der Waals surface area contributed by atoms with E-state index in [0.717, 1.165) is 22.2 Å². The molecule has 0 aliphatic carbocycles. The number of amides is 1. The molecule has 5 N–H and O–H groups in total. The Morgan fingerprint density at radius 3 is 2.62 bits per heavy atom. The fourth-order valence-electron chi connectivity index (χ4n) is 3.99. The smallest absolute Gasteiger partial charge is 0.303 e. The van der Waals surface area contributed by atoms with Gasteiger partial charge in [-0.3, -0.25) is 14.4 Å². The van der Waals surface area contributed by atoms with Gasteiger partial charge in [0.15, 0.2) is 5.82 Å². The molecule has 2 aromatic heterocycles. The lowest BCUT2D eigenvalue weighted by molar-refractivity contribution is -0.154. The van der Waals surface area contributed by atoms with Gasteiger partial charge in [-0.15, -0.1) is 0 Å². The van der Waals surface area contributed by atoms with E-state index in [1.54, 1.807) is 0 Å². The number of benzene rings is 1. The molecule has 1 amide bonds. The zero-order valence-electron chi connectivity index (χ0n) is 22.5. The van der Waals surface area contributed by atoms with Crippen molar-refractivity contribution >= 4 is 57.4 Å². The Hall–Kier alpha value is -3.42. The SMILES string of the molecule is CCOCc1nc2c(N)nc3ccccc3c2n1CCCNC(=O)[C@@H](N)CSCC(COC(C)=O)OC(C)=O. The summed E-state index contributed by atoms with van der Waals surface area (Å²) in [6.07, 6.45) is 0.0202. The van der Waals surface area contributed by atoms with Crippen LogP contribution >= 0.6 is 11.8 Å². The van der Waals surface area contributed by atoms with E-state index in [-0.39, 0.29) is 12.5 Å². The van der Waals surface area contributed by atoms with Crippen LogP contribution in [-0.4, -0.2) is 75.8 Å². The number of esters is 2. The third kappa shape index (κ3) is 8.53. The van der Waals surface area contributed by atoms with Gasteiger partial charge in [-0.2, -0.15) is 11.8 Å². The fourth-order valence-corrected chi connectivity index (χ4v) is 4.96. The predicted octanol–water partition coefficient (Wildman–Crippen LogP) is 1.76. The molecule has 0 aliphatic rings. The number of nitrogen functional groups attached to an aromatic ring is 1. The molecule has 1 aromatic carbocycles. The van der Waals surface area contributed by atoms with Crippen LogP contribution in [0.5, 0.6) is 0 Å². The van der Waals surface area contributed by atoms with E-state index in [2.05, 4.69) is 14.9 Å². The zero-order chi connectivity index (χ0) is 28.4. The number of hydrogen-bond donors (Lipinski definition) is 3. The maximum Gasteiger partial charge on any atom is 0.303 e. The molecule has 12 nitrogen and oxygen atoms in total. The minimum Gasteiger partial charge on any atom is -0.462 e. The normalized spacial score (nSPS) is 12.8. The molecule has 2 heterocycles. The molecule has 0 spiro atoms. The van der Waals surface area contributed by atoms with E-state index in [9.17, 15) is 14.4 Å². The van der Waals surface area contributed by atoms with Gasteiger partial charge < -0.3 is 35.6 Å². The molecule has 0 radical (unpaired) electrons. The molecular formula is C26H36N6O6S. The maximum atomic E-state index is 12.5. The van der Waals surface area contributed by atoms with Crippen LogP contribution in [0, 0.1) is 0 Å². The van der Waals surface area contributed by atoms with Gasteiger partial charge in [0, 0.05) is 50.4 Å². The Labute approximate surface area is 231 Å². The number of nitrogens with zero attached hydrogens (tertiary/aromatic N) is 3. The number of carbonyl (C=O) groups excluding carboxylic acids is 3. The monoisotopic (exact) mass is 560 g/mol. The number of ether oxygens (including phenoxy) is 3. The van der Waals surface area contributed by atoms with Gasteiger partial charge in [-0.1, -0.05) is 18.2 Å². The summed E-state index contributed by atoms with van der Waals surface area (Å²) in [6.45, 7) is 6.31. The average Bonchev–Trinajstić information content (AvgIpc) is 3.27. The molecular weight excluding hydrogens is 524 g/mol. The highest BCUT2D eigenvalue weighted by Gasteiger charge is 2.19. The highest BCUT2D eigenvalue weighted by molar-refractivity contribution is 7.99. The van der Waals surface area contributed by atoms with E-state index in [0.29, 0.717) is 55.6 Å². The molecule has 39 heavy (non-hydrogen) atoms. The van der Waals surface area contributed by atoms with Gasteiger partial charge in [-0.25, -0.2) is 9.97 Å². The summed E-state index contributed by atoms with van der Waals surface area (Å²) in [5.41, 5.74) is 14.6. The summed E-state index contributed by atoms with van der Waals surface area (Å²) < 4.78 is 17.8. The first-order valence-electron chi connectivity index (χ1n) is 12.7. The topological polar surface area (TPSA) is 174 Å².